The van der Waals surface area contributed by atoms with E-state index in [-0.39, 0.29) is 19.7 Å². The summed E-state index contributed by atoms with van der Waals surface area (Å²) < 4.78 is 10.8. The number of benzene rings is 3. The fourth-order valence-corrected chi connectivity index (χ4v) is 5.38. The van der Waals surface area contributed by atoms with Crippen LogP contribution in [0.1, 0.15) is 56.7 Å². The molecule has 0 heterocycles. The first-order chi connectivity index (χ1) is 24.4. The molecule has 5 atom stereocenters. The van der Waals surface area contributed by atoms with Gasteiger partial charge in [-0.1, -0.05) is 91.0 Å². The molecule has 0 aliphatic carbocycles. The second-order valence-electron chi connectivity index (χ2n) is 13.6. The van der Waals surface area contributed by atoms with Gasteiger partial charge in [0.15, 0.2) is 0 Å². The van der Waals surface area contributed by atoms with E-state index in [1.807, 2.05) is 91.0 Å². The predicted molar refractivity (Wildman–Crippen MR) is 197 cm³/mol. The number of nitrogens with one attached hydrogen (secondary N) is 4. The van der Waals surface area contributed by atoms with E-state index >= 15 is 0 Å². The van der Waals surface area contributed by atoms with E-state index in [0.29, 0.717) is 38.6 Å². The fourth-order valence-electron chi connectivity index (χ4n) is 5.38. The summed E-state index contributed by atoms with van der Waals surface area (Å²) in [6.45, 7) is 5.84. The minimum absolute atomic E-state index is 0.0176. The van der Waals surface area contributed by atoms with Crippen LogP contribution in [0.5, 0.6) is 0 Å². The van der Waals surface area contributed by atoms with Gasteiger partial charge in [-0.2, -0.15) is 0 Å². The molecule has 0 unspecified atom stereocenters. The SMILES string of the molecule is CC(C)(C)OC(=O)N[C@@H](Cc1ccccc1)[C@H](O)CNC[C@@H](O)[C@H](Cc1ccccc1)NC(=O)[C@H](CCCCN)NC(=O)OCc1ccccc1. The standard InChI is InChI=1S/C39H55N5O7/c1-39(2,3)51-38(49)44-33(24-29-17-9-5-10-18-29)35(46)26-41-25-34(45)32(23-28-15-7-4-8-16-28)42-36(47)31(21-13-14-22-40)43-37(48)50-27-30-19-11-6-12-20-30/h4-12,15-20,31-35,41,45-46H,13-14,21-27,40H2,1-3H3,(H,42,47)(H,43,48)(H,44,49)/t31-,32-,33-,34+,35+/m0/s1. The van der Waals surface area contributed by atoms with Crippen molar-refractivity contribution in [3.8, 4) is 0 Å². The molecule has 0 saturated heterocycles. The number of aliphatic hydroxyl groups is 2. The van der Waals surface area contributed by atoms with Gasteiger partial charge in [0, 0.05) is 13.1 Å². The summed E-state index contributed by atoms with van der Waals surface area (Å²) in [5, 5.41) is 34.1. The Kier molecular flexibility index (Phi) is 17.4. The van der Waals surface area contributed by atoms with Crippen LogP contribution in [0.4, 0.5) is 9.59 Å². The van der Waals surface area contributed by atoms with Gasteiger partial charge in [0.25, 0.3) is 0 Å². The zero-order valence-corrected chi connectivity index (χ0v) is 29.9. The molecule has 12 nitrogen and oxygen atoms in total. The van der Waals surface area contributed by atoms with E-state index in [0.717, 1.165) is 16.7 Å². The van der Waals surface area contributed by atoms with Gasteiger partial charge >= 0.3 is 12.2 Å². The van der Waals surface area contributed by atoms with E-state index in [4.69, 9.17) is 15.2 Å². The summed E-state index contributed by atoms with van der Waals surface area (Å²) in [6, 6.07) is 25.8. The number of hydrogen-bond donors (Lipinski definition) is 7. The van der Waals surface area contributed by atoms with Crippen molar-refractivity contribution in [1.29, 1.82) is 0 Å². The lowest BCUT2D eigenvalue weighted by molar-refractivity contribution is -0.124. The monoisotopic (exact) mass is 705 g/mol. The Labute approximate surface area is 301 Å². The molecule has 3 aromatic carbocycles. The van der Waals surface area contributed by atoms with Gasteiger partial charge < -0.3 is 46.7 Å². The number of hydrogen-bond acceptors (Lipinski definition) is 9. The third kappa shape index (κ3) is 16.4. The minimum atomic E-state index is -1.08. The van der Waals surface area contributed by atoms with E-state index in [9.17, 15) is 24.6 Å². The van der Waals surface area contributed by atoms with Crippen molar-refractivity contribution < 1.29 is 34.1 Å². The van der Waals surface area contributed by atoms with Crippen molar-refractivity contribution in [2.24, 2.45) is 5.73 Å². The third-order valence-corrected chi connectivity index (χ3v) is 8.03. The molecule has 0 aliphatic rings. The summed E-state index contributed by atoms with van der Waals surface area (Å²) in [5.74, 6) is -0.465. The van der Waals surface area contributed by atoms with Crippen molar-refractivity contribution in [3.05, 3.63) is 108 Å². The van der Waals surface area contributed by atoms with Crippen LogP contribution in [0, 0.1) is 0 Å². The highest BCUT2D eigenvalue weighted by Crippen LogP contribution is 2.12. The molecule has 0 bridgehead atoms. The molecule has 0 fully saturated rings. The molecule has 3 amide bonds. The summed E-state index contributed by atoms with van der Waals surface area (Å²) in [4.78, 5) is 39.0. The summed E-state index contributed by atoms with van der Waals surface area (Å²) in [5.41, 5.74) is 7.59. The maximum Gasteiger partial charge on any atom is 0.408 e. The lowest BCUT2D eigenvalue weighted by Crippen LogP contribution is -2.55. The lowest BCUT2D eigenvalue weighted by atomic mass is 9.99. The Morgan fingerprint density at radius 2 is 1.18 bits per heavy atom. The molecule has 3 aromatic rings. The van der Waals surface area contributed by atoms with Crippen LogP contribution in [0.15, 0.2) is 91.0 Å². The maximum absolute atomic E-state index is 13.7. The number of carbonyl (C=O) groups is 3. The average Bonchev–Trinajstić information content (AvgIpc) is 3.10. The highest BCUT2D eigenvalue weighted by atomic mass is 16.6. The largest absolute Gasteiger partial charge is 0.445 e. The summed E-state index contributed by atoms with van der Waals surface area (Å²) in [6.07, 6.45) is -1.24. The van der Waals surface area contributed by atoms with Gasteiger partial charge in [-0.25, -0.2) is 9.59 Å². The second kappa shape index (κ2) is 21.7. The predicted octanol–water partition coefficient (Wildman–Crippen LogP) is 3.59. The molecule has 0 radical (unpaired) electrons. The topological polar surface area (TPSA) is 184 Å². The quantitative estimate of drug-likeness (QED) is 0.0864. The third-order valence-electron chi connectivity index (χ3n) is 8.03. The summed E-state index contributed by atoms with van der Waals surface area (Å²) in [7, 11) is 0. The van der Waals surface area contributed by atoms with Crippen LogP contribution in [0.2, 0.25) is 0 Å². The van der Waals surface area contributed by atoms with Gasteiger partial charge in [0.05, 0.1) is 24.3 Å². The van der Waals surface area contributed by atoms with Gasteiger partial charge in [-0.15, -0.1) is 0 Å². The van der Waals surface area contributed by atoms with Gasteiger partial charge in [-0.3, -0.25) is 4.79 Å². The molecular formula is C39H55N5O7. The Balaban J connectivity index is 1.67. The molecule has 3 rings (SSSR count). The zero-order valence-electron chi connectivity index (χ0n) is 29.9. The van der Waals surface area contributed by atoms with Crippen molar-refractivity contribution in [1.82, 2.24) is 21.3 Å². The molecular weight excluding hydrogens is 650 g/mol. The van der Waals surface area contributed by atoms with Crippen LogP contribution in [-0.2, 0) is 33.7 Å². The van der Waals surface area contributed by atoms with Crippen molar-refractivity contribution in [3.63, 3.8) is 0 Å². The molecule has 8 N–H and O–H groups in total. The number of rotatable bonds is 20. The highest BCUT2D eigenvalue weighted by Gasteiger charge is 2.29. The Morgan fingerprint density at radius 1 is 0.686 bits per heavy atom. The normalized spacial score (nSPS) is 14.3. The first-order valence-electron chi connectivity index (χ1n) is 17.6. The molecule has 0 spiro atoms. The van der Waals surface area contributed by atoms with Crippen LogP contribution in [-0.4, -0.2) is 83.9 Å². The first-order valence-corrected chi connectivity index (χ1v) is 17.6. The van der Waals surface area contributed by atoms with E-state index in [1.165, 1.54) is 0 Å². The molecule has 0 aliphatic heterocycles. The van der Waals surface area contributed by atoms with Crippen LogP contribution in [0.25, 0.3) is 0 Å². The van der Waals surface area contributed by atoms with Gasteiger partial charge in [0.1, 0.15) is 18.2 Å². The van der Waals surface area contributed by atoms with Gasteiger partial charge in [-0.05, 0) is 76.1 Å². The molecule has 12 heteroatoms. The minimum Gasteiger partial charge on any atom is -0.445 e. The summed E-state index contributed by atoms with van der Waals surface area (Å²) >= 11 is 0. The molecule has 51 heavy (non-hydrogen) atoms. The van der Waals surface area contributed by atoms with Crippen molar-refractivity contribution in [2.45, 2.75) is 95.4 Å². The maximum atomic E-state index is 13.7. The van der Waals surface area contributed by atoms with Crippen LogP contribution >= 0.6 is 0 Å². The Hall–Kier alpha value is -4.49. The number of nitrogens with two attached hydrogens (primary N) is 1. The lowest BCUT2D eigenvalue weighted by Gasteiger charge is -2.29. The number of ether oxygens (including phenoxy) is 2. The Morgan fingerprint density at radius 3 is 1.67 bits per heavy atom. The smallest absolute Gasteiger partial charge is 0.408 e. The first kappa shape index (κ1) is 40.9. The highest BCUT2D eigenvalue weighted by molar-refractivity contribution is 5.85. The van der Waals surface area contributed by atoms with E-state index in [2.05, 4.69) is 21.3 Å². The number of carbonyl (C=O) groups excluding carboxylic acids is 3. The Bertz CT molecular complexity index is 1440. The van der Waals surface area contributed by atoms with Crippen LogP contribution < -0.4 is 27.0 Å². The van der Waals surface area contributed by atoms with Crippen LogP contribution in [0.3, 0.4) is 0 Å². The number of unbranched alkanes of at least 4 members (excludes halogenated alkanes) is 1. The average molecular weight is 706 g/mol. The van der Waals surface area contributed by atoms with Gasteiger partial charge in [0.2, 0.25) is 5.91 Å². The van der Waals surface area contributed by atoms with Crippen molar-refractivity contribution in [2.75, 3.05) is 19.6 Å². The zero-order chi connectivity index (χ0) is 37.1. The molecule has 278 valence electrons. The van der Waals surface area contributed by atoms with E-state index < -0.39 is 54.0 Å². The fraction of sp³-hybridized carbons (Fsp3) is 0.462. The van der Waals surface area contributed by atoms with Crippen molar-refractivity contribution >= 4 is 18.1 Å². The molecule has 0 saturated carbocycles. The number of alkyl carbamates (subject to hydrolysis) is 2. The molecule has 0 aromatic heterocycles. The number of aliphatic hydroxyl groups excluding tert-OH is 2. The second-order valence-corrected chi connectivity index (χ2v) is 13.6. The van der Waals surface area contributed by atoms with E-state index in [1.54, 1.807) is 20.8 Å². The number of amides is 3.